The van der Waals surface area contributed by atoms with Crippen molar-refractivity contribution < 1.29 is 59.0 Å². The first-order valence-corrected chi connectivity index (χ1v) is 22.5. The predicted octanol–water partition coefficient (Wildman–Crippen LogP) is -1.30. The molecule has 3 unspecified atom stereocenters. The van der Waals surface area contributed by atoms with E-state index in [4.69, 9.17) is 0 Å². The van der Waals surface area contributed by atoms with Gasteiger partial charge in [-0.25, -0.2) is 4.58 Å². The van der Waals surface area contributed by atoms with Gasteiger partial charge < -0.3 is 60.7 Å². The van der Waals surface area contributed by atoms with E-state index in [0.717, 1.165) is 49.8 Å². The van der Waals surface area contributed by atoms with E-state index in [1.54, 1.807) is 29.0 Å². The molecule has 1 aromatic heterocycles. The Bertz CT molecular complexity index is 2050. The molecule has 2 amide bonds. The zero-order chi connectivity index (χ0) is 44.9. The molecule has 4 rings (SSSR count). The molecule has 0 saturated carbocycles. The molecule has 0 fully saturated rings. The van der Waals surface area contributed by atoms with E-state index in [0.29, 0.717) is 31.9 Å². The van der Waals surface area contributed by atoms with E-state index >= 15 is 0 Å². The van der Waals surface area contributed by atoms with Crippen molar-refractivity contribution in [1.82, 2.24) is 10.6 Å². The van der Waals surface area contributed by atoms with Gasteiger partial charge in [0, 0.05) is 86.3 Å². The van der Waals surface area contributed by atoms with Crippen LogP contribution in [-0.2, 0) is 25.7 Å². The van der Waals surface area contributed by atoms with Gasteiger partial charge in [-0.3, -0.25) is 9.59 Å². The number of nitrogens with zero attached hydrogens (tertiary/aromatic N) is 4. The standard InChI is InChI=1S/C44H54N6O10S2/c1-32-5-12-38(18-11-34-9-16-37(17-10-34)48(22-26-53)23-27-54)50(32)29-42(56)46-40(44(59)60)31-62-61-30-39(43(57)58)45-41(55)28-49-19-3-2-4-35(49)13-6-33-7-14-36(15-8-33)47(20-24-51)21-25-52/h2-19,32,39-40,51-54H,20-31H2,1H3,(H2-2,45,46,55,56,57,58,59,60). The lowest BCUT2D eigenvalue weighted by Crippen LogP contribution is -2.53. The Hall–Kier alpha value is -5.50. The summed E-state index contributed by atoms with van der Waals surface area (Å²) in [5.41, 5.74) is 4.87. The molecule has 6 N–H and O–H groups in total. The zero-order valence-electron chi connectivity index (χ0n) is 34.5. The van der Waals surface area contributed by atoms with Crippen LogP contribution in [0.15, 0.2) is 91.2 Å². The van der Waals surface area contributed by atoms with E-state index in [9.17, 15) is 49.8 Å². The van der Waals surface area contributed by atoms with Crippen LogP contribution in [0.3, 0.4) is 0 Å². The van der Waals surface area contributed by atoms with Crippen molar-refractivity contribution in [2.75, 3.05) is 80.5 Å². The number of aliphatic carboxylic acids is 2. The molecule has 0 spiro atoms. The minimum atomic E-state index is -1.51. The molecule has 0 bridgehead atoms. The van der Waals surface area contributed by atoms with Crippen molar-refractivity contribution in [3.8, 4) is 0 Å². The van der Waals surface area contributed by atoms with Gasteiger partial charge in [-0.05, 0) is 59.7 Å². The van der Waals surface area contributed by atoms with Gasteiger partial charge >= 0.3 is 0 Å². The van der Waals surface area contributed by atoms with Crippen molar-refractivity contribution in [1.29, 1.82) is 0 Å². The molecule has 62 heavy (non-hydrogen) atoms. The van der Waals surface area contributed by atoms with Crippen molar-refractivity contribution in [2.24, 2.45) is 0 Å². The fourth-order valence-corrected chi connectivity index (χ4v) is 8.68. The quantitative estimate of drug-likeness (QED) is 0.0297. The fourth-order valence-electron chi connectivity index (χ4n) is 6.38. The van der Waals surface area contributed by atoms with E-state index in [-0.39, 0.29) is 57.1 Å². The number of pyridine rings is 1. The van der Waals surface area contributed by atoms with Crippen LogP contribution in [-0.4, -0.2) is 143 Å². The molecule has 0 aliphatic carbocycles. The Kier molecular flexibility index (Phi) is 20.7. The summed E-state index contributed by atoms with van der Waals surface area (Å²) < 4.78 is 3.46. The van der Waals surface area contributed by atoms with Crippen molar-refractivity contribution in [3.63, 3.8) is 0 Å². The van der Waals surface area contributed by atoms with Crippen LogP contribution >= 0.6 is 21.6 Å². The summed E-state index contributed by atoms with van der Waals surface area (Å²) in [6.07, 6.45) is 12.9. The number of aliphatic hydroxyl groups is 4. The Labute approximate surface area is 369 Å². The fraction of sp³-hybridized carbons (Fsp3) is 0.364. The highest BCUT2D eigenvalue weighted by Gasteiger charge is 2.27. The maximum absolute atomic E-state index is 13.1. The number of carboxylic acids is 2. The molecule has 332 valence electrons. The molecular weight excluding hydrogens is 837 g/mol. The molecule has 1 aliphatic heterocycles. The molecule has 16 nitrogen and oxygen atoms in total. The number of rotatable bonds is 27. The number of nitrogens with one attached hydrogen (secondary N) is 2. The second-order valence-electron chi connectivity index (χ2n) is 14.1. The summed E-state index contributed by atoms with van der Waals surface area (Å²) in [5, 5.41) is 66.2. The number of allylic oxidation sites excluding steroid dienone is 2. The monoisotopic (exact) mass is 890 g/mol. The Balaban J connectivity index is 1.27. The predicted molar refractivity (Wildman–Crippen MR) is 238 cm³/mol. The van der Waals surface area contributed by atoms with Gasteiger partial charge in [0.15, 0.2) is 12.2 Å². The molecule has 18 heteroatoms. The van der Waals surface area contributed by atoms with Crippen LogP contribution < -0.4 is 35.2 Å². The first kappa shape index (κ1) is 49.2. The highest BCUT2D eigenvalue weighted by molar-refractivity contribution is 8.76. The van der Waals surface area contributed by atoms with Crippen LogP contribution in [0.1, 0.15) is 23.7 Å². The number of aromatic nitrogens is 1. The van der Waals surface area contributed by atoms with Gasteiger partial charge in [-0.2, -0.15) is 4.57 Å². The lowest BCUT2D eigenvalue weighted by Gasteiger charge is -2.22. The third kappa shape index (κ3) is 15.8. The van der Waals surface area contributed by atoms with E-state index < -0.39 is 35.8 Å². The third-order valence-corrected chi connectivity index (χ3v) is 12.1. The van der Waals surface area contributed by atoms with Gasteiger partial charge in [0.1, 0.15) is 0 Å². The largest absolute Gasteiger partial charge is 0.548 e. The molecular formula is C44H54N6O10S2. The average molecular weight is 891 g/mol. The first-order valence-electron chi connectivity index (χ1n) is 20.0. The van der Waals surface area contributed by atoms with Gasteiger partial charge in [-0.1, -0.05) is 45.9 Å². The number of aliphatic hydroxyl groups excluding tert-OH is 4. The van der Waals surface area contributed by atoms with Crippen molar-refractivity contribution >= 4 is 80.7 Å². The maximum atomic E-state index is 13.1. The van der Waals surface area contributed by atoms with Crippen LogP contribution in [0.4, 0.5) is 11.4 Å². The van der Waals surface area contributed by atoms with Gasteiger partial charge in [0.05, 0.1) is 50.4 Å². The summed E-state index contributed by atoms with van der Waals surface area (Å²) in [7, 11) is 2.02. The maximum Gasteiger partial charge on any atom is 0.286 e. The summed E-state index contributed by atoms with van der Waals surface area (Å²) in [6.45, 7) is 2.96. The number of anilines is 2. The van der Waals surface area contributed by atoms with Crippen LogP contribution in [0.25, 0.3) is 18.2 Å². The van der Waals surface area contributed by atoms with Crippen LogP contribution in [0.5, 0.6) is 0 Å². The number of benzene rings is 2. The van der Waals surface area contributed by atoms with Gasteiger partial charge in [0.2, 0.25) is 24.5 Å². The molecule has 0 saturated heterocycles. The normalized spacial score (nSPS) is 14.6. The second kappa shape index (κ2) is 26.1. The molecule has 2 aromatic carbocycles. The topological polar surface area (TPSA) is 233 Å². The molecule has 2 heterocycles. The van der Waals surface area contributed by atoms with Gasteiger partial charge in [0.25, 0.3) is 11.8 Å². The van der Waals surface area contributed by atoms with E-state index in [1.807, 2.05) is 106 Å². The Morgan fingerprint density at radius 3 is 1.61 bits per heavy atom. The number of carboxylic acid groups (broad SMARTS) is 2. The van der Waals surface area contributed by atoms with E-state index in [2.05, 4.69) is 10.6 Å². The summed E-state index contributed by atoms with van der Waals surface area (Å²) in [5.74, 6) is -4.42. The number of carbonyl (C=O) groups excluding carboxylic acids is 4. The minimum absolute atomic E-state index is 0.0424. The Morgan fingerprint density at radius 1 is 0.677 bits per heavy atom. The molecule has 0 radical (unpaired) electrons. The van der Waals surface area contributed by atoms with Crippen molar-refractivity contribution in [2.45, 2.75) is 31.6 Å². The highest BCUT2D eigenvalue weighted by Crippen LogP contribution is 2.23. The smallest absolute Gasteiger partial charge is 0.286 e. The third-order valence-electron chi connectivity index (χ3n) is 9.65. The lowest BCUT2D eigenvalue weighted by atomic mass is 10.1. The number of hydrogen-bond donors (Lipinski definition) is 6. The van der Waals surface area contributed by atoms with Crippen molar-refractivity contribution in [3.05, 3.63) is 108 Å². The Morgan fingerprint density at radius 2 is 1.15 bits per heavy atom. The molecule has 1 aliphatic rings. The first-order chi connectivity index (χ1) is 30.0. The molecule has 3 aromatic rings. The highest BCUT2D eigenvalue weighted by atomic mass is 33.1. The minimum Gasteiger partial charge on any atom is -0.548 e. The number of hydrogen-bond acceptors (Lipinski definition) is 14. The van der Waals surface area contributed by atoms with Gasteiger partial charge in [-0.15, -0.1) is 0 Å². The summed E-state index contributed by atoms with van der Waals surface area (Å²) >= 11 is 0. The second-order valence-corrected chi connectivity index (χ2v) is 16.6. The number of amides is 2. The zero-order valence-corrected chi connectivity index (χ0v) is 36.1. The number of carbonyl (C=O) groups is 4. The average Bonchev–Trinajstić information content (AvgIpc) is 3.60. The lowest BCUT2D eigenvalue weighted by molar-refractivity contribution is -0.686. The van der Waals surface area contributed by atoms with E-state index in [1.165, 1.54) is 0 Å². The molecule has 3 atom stereocenters. The van der Waals surface area contributed by atoms with Crippen LogP contribution in [0, 0.1) is 0 Å². The summed E-state index contributed by atoms with van der Waals surface area (Å²) in [4.78, 5) is 53.8. The SMILES string of the molecule is CC1C=CC(/C=C/c2ccc(N(CCO)CCO)cc2)=[N+]1CC(=O)NC(CSSCC(NC(=O)C[n+]1ccccc1/C=C/c1ccc(N(CCO)CCO)cc1)C(=O)[O-])C(=O)[O-]. The van der Waals surface area contributed by atoms with Crippen LogP contribution in [0.2, 0.25) is 0 Å². The summed E-state index contributed by atoms with van der Waals surface area (Å²) in [6, 6.07) is 17.5.